The third-order valence-corrected chi connectivity index (χ3v) is 1.66. The fraction of sp³-hybridized carbons (Fsp3) is 0.333. The number of carboxylic acid groups (broad SMARTS) is 1. The minimum Gasteiger partial charge on any atom is -0.477 e. The first-order chi connectivity index (χ1) is 6.74. The van der Waals surface area contributed by atoms with E-state index < -0.39 is 5.97 Å². The Morgan fingerprint density at radius 3 is 3.00 bits per heavy atom. The highest BCUT2D eigenvalue weighted by molar-refractivity contribution is 5.85. The standard InChI is InChI=1S/C9H13N3O2/c10-5-2-6-11-8-4-1-3-7(12-8)9(13)14/h1,3-4H,2,5-6,10H2,(H,11,12)(H,13,14). The van der Waals surface area contributed by atoms with Gasteiger partial charge in [0.25, 0.3) is 0 Å². The zero-order chi connectivity index (χ0) is 10.4. The Morgan fingerprint density at radius 1 is 1.57 bits per heavy atom. The molecule has 0 unspecified atom stereocenters. The average molecular weight is 195 g/mol. The largest absolute Gasteiger partial charge is 0.477 e. The number of nitrogens with zero attached hydrogens (tertiary/aromatic N) is 1. The van der Waals surface area contributed by atoms with Crippen LogP contribution in [0.5, 0.6) is 0 Å². The molecule has 0 spiro atoms. The van der Waals surface area contributed by atoms with Crippen LogP contribution in [-0.2, 0) is 0 Å². The lowest BCUT2D eigenvalue weighted by molar-refractivity contribution is 0.0690. The molecule has 0 fully saturated rings. The Labute approximate surface area is 82.0 Å². The quantitative estimate of drug-likeness (QED) is 0.597. The predicted octanol–water partition coefficient (Wildman–Crippen LogP) is 0.540. The molecule has 1 heterocycles. The molecule has 14 heavy (non-hydrogen) atoms. The molecule has 0 amide bonds. The second-order valence-electron chi connectivity index (χ2n) is 2.78. The molecular weight excluding hydrogens is 182 g/mol. The first kappa shape index (κ1) is 10.5. The molecule has 5 heteroatoms. The summed E-state index contributed by atoms with van der Waals surface area (Å²) >= 11 is 0. The number of aromatic nitrogens is 1. The molecule has 76 valence electrons. The first-order valence-electron chi connectivity index (χ1n) is 4.38. The summed E-state index contributed by atoms with van der Waals surface area (Å²) in [4.78, 5) is 14.5. The van der Waals surface area contributed by atoms with Crippen LogP contribution in [0.2, 0.25) is 0 Å². The summed E-state index contributed by atoms with van der Waals surface area (Å²) in [6.07, 6.45) is 0.832. The van der Waals surface area contributed by atoms with Crippen molar-refractivity contribution in [1.29, 1.82) is 0 Å². The van der Waals surface area contributed by atoms with Gasteiger partial charge in [0, 0.05) is 6.54 Å². The lowest BCUT2D eigenvalue weighted by atomic mass is 10.3. The Hall–Kier alpha value is -1.62. The van der Waals surface area contributed by atoms with Crippen LogP contribution in [0.3, 0.4) is 0 Å². The van der Waals surface area contributed by atoms with E-state index in [9.17, 15) is 4.79 Å². The van der Waals surface area contributed by atoms with Gasteiger partial charge in [-0.2, -0.15) is 0 Å². The van der Waals surface area contributed by atoms with E-state index in [0.717, 1.165) is 6.42 Å². The Bertz CT molecular complexity index is 315. The van der Waals surface area contributed by atoms with Crippen LogP contribution in [0.15, 0.2) is 18.2 Å². The number of anilines is 1. The molecule has 0 saturated heterocycles. The second-order valence-corrected chi connectivity index (χ2v) is 2.78. The summed E-state index contributed by atoms with van der Waals surface area (Å²) < 4.78 is 0. The molecule has 0 aromatic carbocycles. The van der Waals surface area contributed by atoms with E-state index in [0.29, 0.717) is 18.9 Å². The van der Waals surface area contributed by atoms with Gasteiger partial charge in [-0.15, -0.1) is 0 Å². The molecular formula is C9H13N3O2. The number of nitrogens with two attached hydrogens (primary N) is 1. The van der Waals surface area contributed by atoms with Gasteiger partial charge >= 0.3 is 5.97 Å². The van der Waals surface area contributed by atoms with E-state index in [1.807, 2.05) is 0 Å². The highest BCUT2D eigenvalue weighted by Crippen LogP contribution is 2.04. The van der Waals surface area contributed by atoms with Crippen molar-refractivity contribution in [2.45, 2.75) is 6.42 Å². The monoisotopic (exact) mass is 195 g/mol. The molecule has 1 rings (SSSR count). The third-order valence-electron chi connectivity index (χ3n) is 1.66. The Morgan fingerprint density at radius 2 is 2.36 bits per heavy atom. The maximum atomic E-state index is 10.6. The third kappa shape index (κ3) is 3.02. The van der Waals surface area contributed by atoms with Gasteiger partial charge in [-0.05, 0) is 25.1 Å². The van der Waals surface area contributed by atoms with Crippen molar-refractivity contribution in [3.05, 3.63) is 23.9 Å². The van der Waals surface area contributed by atoms with Crippen LogP contribution in [0.1, 0.15) is 16.9 Å². The Kier molecular flexibility index (Phi) is 3.87. The number of rotatable bonds is 5. The number of carbonyl (C=O) groups is 1. The van der Waals surface area contributed by atoms with E-state index >= 15 is 0 Å². The fourth-order valence-electron chi connectivity index (χ4n) is 0.971. The molecule has 0 aliphatic heterocycles. The minimum atomic E-state index is -1.02. The van der Waals surface area contributed by atoms with Crippen molar-refractivity contribution in [2.24, 2.45) is 5.73 Å². The van der Waals surface area contributed by atoms with E-state index in [1.54, 1.807) is 12.1 Å². The molecule has 0 aliphatic carbocycles. The van der Waals surface area contributed by atoms with Crippen molar-refractivity contribution in [1.82, 2.24) is 4.98 Å². The lowest BCUT2D eigenvalue weighted by Crippen LogP contribution is -2.10. The van der Waals surface area contributed by atoms with Crippen molar-refractivity contribution in [3.8, 4) is 0 Å². The molecule has 4 N–H and O–H groups in total. The minimum absolute atomic E-state index is 0.0442. The van der Waals surface area contributed by atoms with Crippen LogP contribution in [0.4, 0.5) is 5.82 Å². The molecule has 0 bridgehead atoms. The number of pyridine rings is 1. The highest BCUT2D eigenvalue weighted by atomic mass is 16.4. The van der Waals surface area contributed by atoms with Gasteiger partial charge in [0.05, 0.1) is 0 Å². The number of carboxylic acids is 1. The summed E-state index contributed by atoms with van der Waals surface area (Å²) in [5.74, 6) is -0.453. The van der Waals surface area contributed by atoms with Crippen LogP contribution in [-0.4, -0.2) is 29.1 Å². The zero-order valence-electron chi connectivity index (χ0n) is 7.73. The number of hydrogen-bond acceptors (Lipinski definition) is 4. The van der Waals surface area contributed by atoms with E-state index in [1.165, 1.54) is 6.07 Å². The van der Waals surface area contributed by atoms with E-state index in [-0.39, 0.29) is 5.69 Å². The molecule has 0 aliphatic rings. The normalized spacial score (nSPS) is 9.79. The second kappa shape index (κ2) is 5.18. The van der Waals surface area contributed by atoms with Crippen molar-refractivity contribution in [3.63, 3.8) is 0 Å². The SMILES string of the molecule is NCCCNc1cccc(C(=O)O)n1. The summed E-state index contributed by atoms with van der Waals surface area (Å²) in [5.41, 5.74) is 5.36. The highest BCUT2D eigenvalue weighted by Gasteiger charge is 2.03. The molecule has 1 aromatic heterocycles. The van der Waals surface area contributed by atoms with Crippen LogP contribution in [0.25, 0.3) is 0 Å². The van der Waals surface area contributed by atoms with Gasteiger partial charge in [0.2, 0.25) is 0 Å². The van der Waals surface area contributed by atoms with Crippen LogP contribution < -0.4 is 11.1 Å². The van der Waals surface area contributed by atoms with Crippen LogP contribution in [0, 0.1) is 0 Å². The van der Waals surface area contributed by atoms with E-state index in [2.05, 4.69) is 10.3 Å². The number of nitrogens with one attached hydrogen (secondary N) is 1. The maximum absolute atomic E-state index is 10.6. The molecule has 0 radical (unpaired) electrons. The van der Waals surface area contributed by atoms with Gasteiger partial charge in [-0.1, -0.05) is 6.07 Å². The molecule has 5 nitrogen and oxygen atoms in total. The average Bonchev–Trinajstić information content (AvgIpc) is 2.19. The zero-order valence-corrected chi connectivity index (χ0v) is 7.73. The van der Waals surface area contributed by atoms with Gasteiger partial charge < -0.3 is 16.2 Å². The van der Waals surface area contributed by atoms with Crippen molar-refractivity contribution in [2.75, 3.05) is 18.4 Å². The predicted molar refractivity (Wildman–Crippen MR) is 53.4 cm³/mol. The molecule has 0 atom stereocenters. The van der Waals surface area contributed by atoms with Crippen LogP contribution >= 0.6 is 0 Å². The smallest absolute Gasteiger partial charge is 0.354 e. The summed E-state index contributed by atoms with van der Waals surface area (Å²) in [7, 11) is 0. The number of hydrogen-bond donors (Lipinski definition) is 3. The molecule has 1 aromatic rings. The topological polar surface area (TPSA) is 88.2 Å². The molecule has 0 saturated carbocycles. The van der Waals surface area contributed by atoms with Gasteiger partial charge in [-0.3, -0.25) is 0 Å². The van der Waals surface area contributed by atoms with Crippen molar-refractivity contribution >= 4 is 11.8 Å². The summed E-state index contributed by atoms with van der Waals surface area (Å²) in [6.45, 7) is 1.30. The summed E-state index contributed by atoms with van der Waals surface area (Å²) in [6, 6.07) is 4.83. The lowest BCUT2D eigenvalue weighted by Gasteiger charge is -2.04. The van der Waals surface area contributed by atoms with Crippen molar-refractivity contribution < 1.29 is 9.90 Å². The van der Waals surface area contributed by atoms with Gasteiger partial charge in [0.1, 0.15) is 5.82 Å². The summed E-state index contributed by atoms with van der Waals surface area (Å²) in [5, 5.41) is 11.7. The van der Waals surface area contributed by atoms with Gasteiger partial charge in [0.15, 0.2) is 5.69 Å². The van der Waals surface area contributed by atoms with E-state index in [4.69, 9.17) is 10.8 Å². The first-order valence-corrected chi connectivity index (χ1v) is 4.38. The maximum Gasteiger partial charge on any atom is 0.354 e. The number of aromatic carboxylic acids is 1. The van der Waals surface area contributed by atoms with Gasteiger partial charge in [-0.25, -0.2) is 9.78 Å². The Balaban J connectivity index is 2.59. The fourth-order valence-corrected chi connectivity index (χ4v) is 0.971.